The zero-order chi connectivity index (χ0) is 11.3. The highest BCUT2D eigenvalue weighted by Crippen LogP contribution is 2.47. The lowest BCUT2D eigenvalue weighted by atomic mass is 9.96. The van der Waals surface area contributed by atoms with Crippen LogP contribution in [0, 0.1) is 0 Å². The molecule has 0 spiro atoms. The Hall–Kier alpha value is -1.22. The Kier molecular flexibility index (Phi) is 1.96. The van der Waals surface area contributed by atoms with Crippen LogP contribution >= 0.6 is 12.6 Å². The van der Waals surface area contributed by atoms with Crippen molar-refractivity contribution in [2.24, 2.45) is 0 Å². The summed E-state index contributed by atoms with van der Waals surface area (Å²) < 4.78 is 0. The summed E-state index contributed by atoms with van der Waals surface area (Å²) in [4.78, 5) is 13.6. The maximum Gasteiger partial charge on any atom is 0.255 e. The molecule has 0 saturated carbocycles. The molecule has 0 unspecified atom stereocenters. The number of carbonyl (C=O) groups excluding carboxylic acids is 1. The van der Waals surface area contributed by atoms with Crippen molar-refractivity contribution < 1.29 is 4.79 Å². The minimum atomic E-state index is -0.424. The van der Waals surface area contributed by atoms with Crippen LogP contribution in [0.1, 0.15) is 29.3 Å². The summed E-state index contributed by atoms with van der Waals surface area (Å²) in [5, 5.41) is 0. The zero-order valence-electron chi connectivity index (χ0n) is 9.10. The van der Waals surface area contributed by atoms with Crippen molar-refractivity contribution in [2.75, 3.05) is 6.54 Å². The quantitative estimate of drug-likeness (QED) is 0.537. The van der Waals surface area contributed by atoms with Gasteiger partial charge in [0.1, 0.15) is 4.87 Å². The van der Waals surface area contributed by atoms with Gasteiger partial charge in [-0.25, -0.2) is 0 Å². The van der Waals surface area contributed by atoms with Gasteiger partial charge in [0, 0.05) is 24.1 Å². The van der Waals surface area contributed by atoms with E-state index in [4.69, 9.17) is 12.6 Å². The number of thiol groups is 1. The third-order valence-electron chi connectivity index (χ3n) is 3.43. The molecule has 2 aliphatic heterocycles. The van der Waals surface area contributed by atoms with Crippen LogP contribution in [0.25, 0.3) is 0 Å². The lowest BCUT2D eigenvalue weighted by Gasteiger charge is -2.38. The van der Waals surface area contributed by atoms with Gasteiger partial charge in [0.25, 0.3) is 5.91 Å². The van der Waals surface area contributed by atoms with E-state index in [-0.39, 0.29) is 5.91 Å². The fourth-order valence-corrected chi connectivity index (χ4v) is 3.23. The van der Waals surface area contributed by atoms with Crippen LogP contribution in [0.3, 0.4) is 0 Å². The van der Waals surface area contributed by atoms with Crippen molar-refractivity contribution in [1.29, 1.82) is 0 Å². The molecule has 2 heterocycles. The first-order valence-corrected chi connectivity index (χ1v) is 5.87. The van der Waals surface area contributed by atoms with E-state index >= 15 is 0 Å². The van der Waals surface area contributed by atoms with Crippen LogP contribution in [-0.2, 0) is 4.87 Å². The van der Waals surface area contributed by atoms with E-state index in [1.165, 1.54) is 5.57 Å². The predicted molar refractivity (Wildman–Crippen MR) is 66.5 cm³/mol. The SMILES string of the molecule is CC1=CCN2C(=O)c3ccccc3[C@]2(S)C1. The van der Waals surface area contributed by atoms with Gasteiger partial charge in [-0.15, -0.1) is 12.6 Å². The largest absolute Gasteiger partial charge is 0.316 e. The minimum Gasteiger partial charge on any atom is -0.316 e. The van der Waals surface area contributed by atoms with Crippen LogP contribution in [-0.4, -0.2) is 17.4 Å². The van der Waals surface area contributed by atoms with Crippen molar-refractivity contribution in [1.82, 2.24) is 4.90 Å². The summed E-state index contributed by atoms with van der Waals surface area (Å²) in [6.07, 6.45) is 2.93. The summed E-state index contributed by atoms with van der Waals surface area (Å²) >= 11 is 4.77. The van der Waals surface area contributed by atoms with Gasteiger partial charge in [-0.2, -0.15) is 0 Å². The van der Waals surface area contributed by atoms with Crippen molar-refractivity contribution >= 4 is 18.5 Å². The number of hydrogen-bond acceptors (Lipinski definition) is 2. The van der Waals surface area contributed by atoms with E-state index in [2.05, 4.69) is 13.0 Å². The van der Waals surface area contributed by atoms with Gasteiger partial charge in [0.15, 0.2) is 0 Å². The molecule has 0 radical (unpaired) electrons. The fraction of sp³-hybridized carbons (Fsp3) is 0.308. The number of carbonyl (C=O) groups is 1. The highest BCUT2D eigenvalue weighted by molar-refractivity contribution is 7.81. The number of hydrogen-bond donors (Lipinski definition) is 1. The summed E-state index contributed by atoms with van der Waals surface area (Å²) in [5.74, 6) is 0.106. The van der Waals surface area contributed by atoms with E-state index in [9.17, 15) is 4.79 Å². The molecule has 3 rings (SSSR count). The molecule has 1 aromatic carbocycles. The van der Waals surface area contributed by atoms with Gasteiger partial charge in [-0.3, -0.25) is 4.79 Å². The molecule has 16 heavy (non-hydrogen) atoms. The lowest BCUT2D eigenvalue weighted by Crippen LogP contribution is -2.42. The monoisotopic (exact) mass is 231 g/mol. The average Bonchev–Trinajstić information content (AvgIpc) is 2.49. The molecule has 1 amide bonds. The highest BCUT2D eigenvalue weighted by atomic mass is 32.1. The van der Waals surface area contributed by atoms with Crippen LogP contribution in [0.15, 0.2) is 35.9 Å². The number of amides is 1. The van der Waals surface area contributed by atoms with Gasteiger partial charge in [-0.05, 0) is 13.0 Å². The van der Waals surface area contributed by atoms with Crippen molar-refractivity contribution in [3.63, 3.8) is 0 Å². The van der Waals surface area contributed by atoms with Gasteiger partial charge in [0.05, 0.1) is 0 Å². The number of benzene rings is 1. The van der Waals surface area contributed by atoms with E-state index in [0.717, 1.165) is 17.5 Å². The Labute approximate surface area is 100 Å². The minimum absolute atomic E-state index is 0.106. The van der Waals surface area contributed by atoms with Gasteiger partial charge in [-0.1, -0.05) is 29.8 Å². The molecule has 82 valence electrons. The van der Waals surface area contributed by atoms with E-state index in [1.54, 1.807) is 0 Å². The molecule has 0 aliphatic carbocycles. The van der Waals surface area contributed by atoms with Crippen LogP contribution in [0.4, 0.5) is 0 Å². The Morgan fingerprint density at radius 2 is 2.12 bits per heavy atom. The predicted octanol–water partition coefficient (Wildman–Crippen LogP) is 2.58. The topological polar surface area (TPSA) is 20.3 Å². The number of fused-ring (bicyclic) bond motifs is 3. The molecular weight excluding hydrogens is 218 g/mol. The Morgan fingerprint density at radius 3 is 2.94 bits per heavy atom. The third kappa shape index (κ3) is 1.12. The van der Waals surface area contributed by atoms with Crippen molar-refractivity contribution in [3.8, 4) is 0 Å². The second-order valence-electron chi connectivity index (χ2n) is 4.51. The van der Waals surface area contributed by atoms with E-state index in [1.807, 2.05) is 29.2 Å². The van der Waals surface area contributed by atoms with Crippen molar-refractivity contribution in [2.45, 2.75) is 18.2 Å². The average molecular weight is 231 g/mol. The lowest BCUT2D eigenvalue weighted by molar-refractivity contribution is 0.0707. The maximum atomic E-state index is 12.2. The molecule has 0 fully saturated rings. The molecule has 0 N–H and O–H groups in total. The van der Waals surface area contributed by atoms with Crippen LogP contribution in [0.2, 0.25) is 0 Å². The molecule has 0 saturated heterocycles. The normalized spacial score (nSPS) is 27.5. The summed E-state index contributed by atoms with van der Waals surface area (Å²) in [5.41, 5.74) is 3.16. The second-order valence-corrected chi connectivity index (χ2v) is 5.25. The van der Waals surface area contributed by atoms with Crippen molar-refractivity contribution in [3.05, 3.63) is 47.0 Å². The maximum absolute atomic E-state index is 12.2. The van der Waals surface area contributed by atoms with E-state index < -0.39 is 4.87 Å². The summed E-state index contributed by atoms with van der Waals surface area (Å²) in [6.45, 7) is 2.77. The smallest absolute Gasteiger partial charge is 0.255 e. The number of nitrogens with zero attached hydrogens (tertiary/aromatic N) is 1. The molecule has 0 aromatic heterocycles. The third-order valence-corrected chi connectivity index (χ3v) is 4.07. The Balaban J connectivity index is 2.21. The van der Waals surface area contributed by atoms with Crippen LogP contribution < -0.4 is 0 Å². The summed E-state index contributed by atoms with van der Waals surface area (Å²) in [6, 6.07) is 7.79. The fourth-order valence-electron chi connectivity index (χ4n) is 2.61. The first-order chi connectivity index (χ1) is 7.63. The molecule has 1 atom stereocenters. The number of rotatable bonds is 0. The first kappa shape index (κ1) is 9.97. The summed E-state index contributed by atoms with van der Waals surface area (Å²) in [7, 11) is 0. The zero-order valence-corrected chi connectivity index (χ0v) is 10.00. The first-order valence-electron chi connectivity index (χ1n) is 5.42. The van der Waals surface area contributed by atoms with Gasteiger partial charge in [0.2, 0.25) is 0 Å². The molecule has 0 bridgehead atoms. The molecular formula is C13H13NOS. The molecule has 2 aliphatic rings. The molecule has 3 heteroatoms. The standard InChI is InChI=1S/C13H13NOS/c1-9-6-7-14-12(15)10-4-2-3-5-11(10)13(14,16)8-9/h2-6,16H,7-8H2,1H3/t13-/m1/s1. The van der Waals surface area contributed by atoms with E-state index in [0.29, 0.717) is 6.54 Å². The van der Waals surface area contributed by atoms with Crippen LogP contribution in [0.5, 0.6) is 0 Å². The van der Waals surface area contributed by atoms with Gasteiger partial charge < -0.3 is 4.90 Å². The Morgan fingerprint density at radius 1 is 1.38 bits per heavy atom. The highest BCUT2D eigenvalue weighted by Gasteiger charge is 2.47. The Bertz CT molecular complexity index is 508. The molecule has 2 nitrogen and oxygen atoms in total. The van der Waals surface area contributed by atoms with Gasteiger partial charge >= 0.3 is 0 Å². The second kappa shape index (κ2) is 3.14. The molecule has 1 aromatic rings.